The molecule has 0 unspecified atom stereocenters. The van der Waals surface area contributed by atoms with Crippen LogP contribution in [0.2, 0.25) is 0 Å². The van der Waals surface area contributed by atoms with Crippen molar-refractivity contribution in [2.75, 3.05) is 6.61 Å². The van der Waals surface area contributed by atoms with Gasteiger partial charge in [-0.05, 0) is 25.1 Å². The summed E-state index contributed by atoms with van der Waals surface area (Å²) in [5.41, 5.74) is 2.02. The Hall–Kier alpha value is -2.50. The predicted octanol–water partition coefficient (Wildman–Crippen LogP) is 1.91. The maximum Gasteiger partial charge on any atom is 0.323 e. The van der Waals surface area contributed by atoms with E-state index in [0.29, 0.717) is 24.0 Å². The first-order chi connectivity index (χ1) is 8.76. The molecule has 3 aromatic rings. The van der Waals surface area contributed by atoms with Crippen LogP contribution in [0.1, 0.15) is 6.92 Å². The van der Waals surface area contributed by atoms with E-state index in [1.165, 1.54) is 6.20 Å². The van der Waals surface area contributed by atoms with Crippen LogP contribution in [0.5, 0.6) is 5.95 Å². The lowest BCUT2D eigenvalue weighted by molar-refractivity contribution is 0.260. The molecule has 0 aliphatic rings. The number of benzene rings is 1. The van der Waals surface area contributed by atoms with Crippen molar-refractivity contribution in [2.24, 2.45) is 0 Å². The highest BCUT2D eigenvalue weighted by Crippen LogP contribution is 2.24. The van der Waals surface area contributed by atoms with Crippen molar-refractivity contribution < 1.29 is 9.15 Å². The topological polar surface area (TPSA) is 83.9 Å². The number of aromatic nitrogens is 3. The molecule has 2 heterocycles. The second-order valence-corrected chi connectivity index (χ2v) is 3.76. The molecule has 92 valence electrons. The Labute approximate surface area is 102 Å². The Balaban J connectivity index is 2.04. The van der Waals surface area contributed by atoms with E-state index in [2.05, 4.69) is 15.0 Å². The maximum atomic E-state index is 11.2. The van der Waals surface area contributed by atoms with Gasteiger partial charge in [0.05, 0.1) is 17.6 Å². The van der Waals surface area contributed by atoms with Gasteiger partial charge in [-0.2, -0.15) is 0 Å². The predicted molar refractivity (Wildman–Crippen MR) is 65.6 cm³/mol. The van der Waals surface area contributed by atoms with Crippen LogP contribution in [0.4, 0.5) is 0 Å². The molecule has 0 aliphatic heterocycles. The second kappa shape index (κ2) is 4.06. The lowest BCUT2D eigenvalue weighted by Gasteiger charge is -1.96. The Bertz CT molecular complexity index is 738. The van der Waals surface area contributed by atoms with Crippen molar-refractivity contribution in [3.63, 3.8) is 0 Å². The summed E-state index contributed by atoms with van der Waals surface area (Å²) in [6.45, 7) is 2.40. The van der Waals surface area contributed by atoms with Crippen LogP contribution < -0.4 is 10.4 Å². The summed E-state index contributed by atoms with van der Waals surface area (Å²) in [5, 5.41) is 0. The van der Waals surface area contributed by atoms with Gasteiger partial charge in [-0.15, -0.1) is 0 Å². The summed E-state index contributed by atoms with van der Waals surface area (Å²) in [7, 11) is 0. The molecule has 3 rings (SSSR count). The maximum absolute atomic E-state index is 11.2. The molecule has 0 aliphatic carbocycles. The molecule has 6 nitrogen and oxygen atoms in total. The van der Waals surface area contributed by atoms with E-state index >= 15 is 0 Å². The van der Waals surface area contributed by atoms with Gasteiger partial charge in [0.25, 0.3) is 0 Å². The minimum atomic E-state index is -0.232. The summed E-state index contributed by atoms with van der Waals surface area (Å²) in [6.07, 6.45) is 1.53. The number of H-pyrrole nitrogens is 2. The Kier molecular flexibility index (Phi) is 2.40. The third kappa shape index (κ3) is 1.77. The van der Waals surface area contributed by atoms with Gasteiger partial charge in [-0.3, -0.25) is 0 Å². The third-order valence-corrected chi connectivity index (χ3v) is 2.53. The SMILES string of the molecule is CCOc1cnc(-c2ccc3[nH]c(=O)[nH]c3c2)o1. The van der Waals surface area contributed by atoms with Gasteiger partial charge in [0.15, 0.2) is 0 Å². The molecule has 1 aromatic carbocycles. The Morgan fingerprint density at radius 1 is 1.33 bits per heavy atom. The number of ether oxygens (including phenoxy) is 1. The first kappa shape index (κ1) is 10.6. The van der Waals surface area contributed by atoms with E-state index in [9.17, 15) is 4.79 Å². The van der Waals surface area contributed by atoms with Crippen LogP contribution in [0.3, 0.4) is 0 Å². The summed E-state index contributed by atoms with van der Waals surface area (Å²) in [4.78, 5) is 20.6. The molecule has 6 heteroatoms. The number of nitrogens with zero attached hydrogens (tertiary/aromatic N) is 1. The zero-order valence-corrected chi connectivity index (χ0v) is 9.69. The number of oxazole rings is 1. The normalized spacial score (nSPS) is 10.9. The van der Waals surface area contributed by atoms with Gasteiger partial charge in [0.1, 0.15) is 6.20 Å². The van der Waals surface area contributed by atoms with Crippen LogP contribution in [-0.4, -0.2) is 21.6 Å². The van der Waals surface area contributed by atoms with Crippen LogP contribution >= 0.6 is 0 Å². The average molecular weight is 245 g/mol. The van der Waals surface area contributed by atoms with E-state index in [0.717, 1.165) is 11.1 Å². The van der Waals surface area contributed by atoms with E-state index < -0.39 is 0 Å². The minimum absolute atomic E-state index is 0.232. The van der Waals surface area contributed by atoms with Crippen molar-refractivity contribution in [3.05, 3.63) is 34.9 Å². The smallest absolute Gasteiger partial charge is 0.323 e. The van der Waals surface area contributed by atoms with Gasteiger partial charge >= 0.3 is 11.6 Å². The van der Waals surface area contributed by atoms with Crippen LogP contribution in [0, 0.1) is 0 Å². The molecule has 0 bridgehead atoms. The van der Waals surface area contributed by atoms with Gasteiger partial charge < -0.3 is 19.1 Å². The van der Waals surface area contributed by atoms with Crippen LogP contribution in [0.15, 0.2) is 33.6 Å². The van der Waals surface area contributed by atoms with Gasteiger partial charge in [0, 0.05) is 5.56 Å². The van der Waals surface area contributed by atoms with Gasteiger partial charge in [-0.1, -0.05) is 0 Å². The van der Waals surface area contributed by atoms with Crippen molar-refractivity contribution in [3.8, 4) is 17.4 Å². The average Bonchev–Trinajstić information content (AvgIpc) is 2.93. The number of aromatic amines is 2. The van der Waals surface area contributed by atoms with Gasteiger partial charge in [0.2, 0.25) is 5.89 Å². The summed E-state index contributed by atoms with van der Waals surface area (Å²) in [5.74, 6) is 0.845. The first-order valence-corrected chi connectivity index (χ1v) is 5.57. The lowest BCUT2D eigenvalue weighted by Crippen LogP contribution is -1.99. The number of hydrogen-bond acceptors (Lipinski definition) is 4. The molecule has 2 aromatic heterocycles. The zero-order valence-electron chi connectivity index (χ0n) is 9.69. The number of nitrogens with one attached hydrogen (secondary N) is 2. The molecule has 0 atom stereocenters. The van der Waals surface area contributed by atoms with E-state index in [4.69, 9.17) is 9.15 Å². The molecule has 2 N–H and O–H groups in total. The van der Waals surface area contributed by atoms with Crippen molar-refractivity contribution >= 4 is 11.0 Å². The van der Waals surface area contributed by atoms with Gasteiger partial charge in [-0.25, -0.2) is 9.78 Å². The van der Waals surface area contributed by atoms with Crippen molar-refractivity contribution in [1.82, 2.24) is 15.0 Å². The van der Waals surface area contributed by atoms with Crippen LogP contribution in [-0.2, 0) is 0 Å². The monoisotopic (exact) mass is 245 g/mol. The highest BCUT2D eigenvalue weighted by molar-refractivity contribution is 5.79. The van der Waals surface area contributed by atoms with E-state index in [1.807, 2.05) is 13.0 Å². The van der Waals surface area contributed by atoms with Crippen molar-refractivity contribution in [1.29, 1.82) is 0 Å². The minimum Gasteiger partial charge on any atom is -0.464 e. The number of imidazole rings is 1. The summed E-state index contributed by atoms with van der Waals surface area (Å²) < 4.78 is 10.6. The molecule has 0 radical (unpaired) electrons. The fraction of sp³-hybridized carbons (Fsp3) is 0.167. The largest absolute Gasteiger partial charge is 0.464 e. The first-order valence-electron chi connectivity index (χ1n) is 5.57. The standard InChI is InChI=1S/C12H11N3O3/c1-2-17-10-6-13-11(18-10)7-3-4-8-9(5-7)15-12(16)14-8/h3-6H,2H2,1H3,(H2,14,15,16). The van der Waals surface area contributed by atoms with Crippen LogP contribution in [0.25, 0.3) is 22.5 Å². The fourth-order valence-electron chi connectivity index (χ4n) is 1.77. The Morgan fingerprint density at radius 3 is 3.00 bits per heavy atom. The fourth-order valence-corrected chi connectivity index (χ4v) is 1.77. The number of hydrogen-bond donors (Lipinski definition) is 2. The second-order valence-electron chi connectivity index (χ2n) is 3.76. The molecule has 18 heavy (non-hydrogen) atoms. The lowest BCUT2D eigenvalue weighted by atomic mass is 10.2. The number of rotatable bonds is 3. The van der Waals surface area contributed by atoms with Crippen molar-refractivity contribution in [2.45, 2.75) is 6.92 Å². The summed E-state index contributed by atoms with van der Waals surface area (Å²) >= 11 is 0. The van der Waals surface area contributed by atoms with E-state index in [1.54, 1.807) is 12.1 Å². The van der Waals surface area contributed by atoms with E-state index in [-0.39, 0.29) is 5.69 Å². The molecule has 0 saturated heterocycles. The molecular weight excluding hydrogens is 234 g/mol. The summed E-state index contributed by atoms with van der Waals surface area (Å²) in [6, 6.07) is 5.43. The molecule has 0 spiro atoms. The number of fused-ring (bicyclic) bond motifs is 1. The highest BCUT2D eigenvalue weighted by Gasteiger charge is 2.08. The quantitative estimate of drug-likeness (QED) is 0.738. The third-order valence-electron chi connectivity index (χ3n) is 2.53. The molecule has 0 saturated carbocycles. The Morgan fingerprint density at radius 2 is 2.17 bits per heavy atom. The zero-order chi connectivity index (χ0) is 12.5. The highest BCUT2D eigenvalue weighted by atomic mass is 16.6. The molecule has 0 fully saturated rings. The molecule has 0 amide bonds. The molecular formula is C12H11N3O3.